The lowest BCUT2D eigenvalue weighted by Gasteiger charge is -2.35. The fourth-order valence-electron chi connectivity index (χ4n) is 4.49. The van der Waals surface area contributed by atoms with E-state index in [0.717, 1.165) is 25.1 Å². The molecule has 2 aromatic heterocycles. The van der Waals surface area contributed by atoms with Gasteiger partial charge in [0.25, 0.3) is 5.91 Å². The molecule has 4 N–H and O–H groups in total. The Morgan fingerprint density at radius 3 is 2.51 bits per heavy atom. The maximum absolute atomic E-state index is 13.4. The number of pyridine rings is 2. The zero-order valence-electron chi connectivity index (χ0n) is 23.8. The van der Waals surface area contributed by atoms with Crippen LogP contribution in [0.5, 0.6) is 0 Å². The number of piperidine rings is 1. The maximum atomic E-state index is 13.4. The molecule has 1 atom stereocenters. The van der Waals surface area contributed by atoms with Crippen LogP contribution >= 0.6 is 0 Å². The van der Waals surface area contributed by atoms with Crippen molar-refractivity contribution in [1.82, 2.24) is 15.3 Å². The van der Waals surface area contributed by atoms with E-state index in [0.29, 0.717) is 17.8 Å². The summed E-state index contributed by atoms with van der Waals surface area (Å²) < 4.78 is 17.6. The van der Waals surface area contributed by atoms with E-state index in [1.807, 2.05) is 54.5 Å². The van der Waals surface area contributed by atoms with Gasteiger partial charge < -0.3 is 35.3 Å². The number of ether oxygens (including phenoxy) is 1. The number of carbonyl (C=O) groups excluding carboxylic acids is 2. The van der Waals surface area contributed by atoms with Crippen molar-refractivity contribution < 1.29 is 23.6 Å². The molecule has 0 saturated carbocycles. The van der Waals surface area contributed by atoms with Gasteiger partial charge >= 0.3 is 13.2 Å². The first kappa shape index (κ1) is 28.6. The highest BCUT2D eigenvalue weighted by Crippen LogP contribution is 2.36. The largest absolute Gasteiger partial charge is 0.514 e. The summed E-state index contributed by atoms with van der Waals surface area (Å²) in [5, 5.41) is 5.88. The first-order chi connectivity index (χ1) is 18.1. The third-order valence-corrected chi connectivity index (χ3v) is 7.19. The molecule has 2 aliphatic rings. The van der Waals surface area contributed by atoms with Crippen molar-refractivity contribution in [2.75, 3.05) is 29.0 Å². The molecule has 2 fully saturated rings. The van der Waals surface area contributed by atoms with Crippen LogP contribution in [0.3, 0.4) is 0 Å². The third-order valence-electron chi connectivity index (χ3n) is 7.19. The molecule has 0 aromatic carbocycles. The normalized spacial score (nSPS) is 20.4. The Morgan fingerprint density at radius 1 is 1.15 bits per heavy atom. The Labute approximate surface area is 230 Å². The number of aromatic nitrogens is 2. The molecule has 2 amide bonds. The highest BCUT2D eigenvalue weighted by atomic mass is 16.7. The molecule has 0 radical (unpaired) electrons. The van der Waals surface area contributed by atoms with Gasteiger partial charge in [-0.1, -0.05) is 0 Å². The van der Waals surface area contributed by atoms with Crippen molar-refractivity contribution in [2.24, 2.45) is 0 Å². The molecular weight excluding hydrogens is 499 g/mol. The van der Waals surface area contributed by atoms with E-state index in [-0.39, 0.29) is 17.4 Å². The Bertz CT molecular complexity index is 1220. The summed E-state index contributed by atoms with van der Waals surface area (Å²) >= 11 is 0. The average Bonchev–Trinajstić information content (AvgIpc) is 3.05. The van der Waals surface area contributed by atoms with Gasteiger partial charge in [-0.15, -0.1) is 0 Å². The molecule has 2 aliphatic heterocycles. The minimum absolute atomic E-state index is 0.0696. The Hall–Kier alpha value is -3.38. The number of nitrogens with zero attached hydrogens (tertiary/aromatic N) is 3. The Morgan fingerprint density at radius 2 is 1.85 bits per heavy atom. The van der Waals surface area contributed by atoms with Gasteiger partial charge in [-0.25, -0.2) is 9.78 Å². The minimum Gasteiger partial charge on any atom is -0.444 e. The van der Waals surface area contributed by atoms with Crippen molar-refractivity contribution in [3.05, 3.63) is 36.3 Å². The standard InChI is InChI=1S/C27H39BN6O5/c1-25(2,3)37-24(36)31-17-9-8-14-34(16-17)20-12-13-30-15-19(20)32-23(35)22-18(29)10-11-21(33-22)28-38-26(4,5)27(6,7)39-28/h10-13,15,17H,8-9,14,16,29H2,1-7H3,(H,31,36)(H,32,35). The molecular formula is C27H39BN6O5. The second-order valence-electron chi connectivity index (χ2n) is 12.0. The molecule has 11 nitrogen and oxygen atoms in total. The number of hydrogen-bond donors (Lipinski definition) is 3. The lowest BCUT2D eigenvalue weighted by atomic mass is 9.84. The summed E-state index contributed by atoms with van der Waals surface area (Å²) in [4.78, 5) is 36.5. The SMILES string of the molecule is CC(C)(C)OC(=O)NC1CCCN(c2ccncc2NC(=O)c2nc(B3OC(C)(C)C(C)(C)O3)ccc2N)C1. The van der Waals surface area contributed by atoms with Crippen LogP contribution in [0, 0.1) is 0 Å². The summed E-state index contributed by atoms with van der Waals surface area (Å²) in [7, 11) is -0.723. The molecule has 0 aliphatic carbocycles. The molecule has 0 spiro atoms. The summed E-state index contributed by atoms with van der Waals surface area (Å²) in [6.45, 7) is 14.6. The molecule has 1 unspecified atom stereocenters. The highest BCUT2D eigenvalue weighted by molar-refractivity contribution is 6.61. The fourth-order valence-corrected chi connectivity index (χ4v) is 4.49. The van der Waals surface area contributed by atoms with Gasteiger partial charge in [-0.05, 0) is 79.5 Å². The summed E-state index contributed by atoms with van der Waals surface area (Å²) in [6.07, 6.45) is 4.50. The van der Waals surface area contributed by atoms with E-state index in [2.05, 4.69) is 25.5 Å². The van der Waals surface area contributed by atoms with E-state index in [1.165, 1.54) is 0 Å². The van der Waals surface area contributed by atoms with E-state index in [4.69, 9.17) is 19.8 Å². The van der Waals surface area contributed by atoms with Crippen LogP contribution in [0.1, 0.15) is 71.8 Å². The van der Waals surface area contributed by atoms with Gasteiger partial charge in [0.2, 0.25) is 0 Å². The van der Waals surface area contributed by atoms with Crippen molar-refractivity contribution in [1.29, 1.82) is 0 Å². The van der Waals surface area contributed by atoms with Crippen molar-refractivity contribution in [3.63, 3.8) is 0 Å². The molecule has 4 rings (SSSR count). The van der Waals surface area contributed by atoms with Crippen LogP contribution in [0.15, 0.2) is 30.6 Å². The number of alkyl carbamates (subject to hydrolysis) is 1. The highest BCUT2D eigenvalue weighted by Gasteiger charge is 2.52. The van der Waals surface area contributed by atoms with Gasteiger partial charge in [-0.2, -0.15) is 0 Å². The number of nitrogen functional groups attached to an aromatic ring is 1. The zero-order chi connectivity index (χ0) is 28.6. The van der Waals surface area contributed by atoms with Crippen LogP contribution in [-0.4, -0.2) is 65.0 Å². The van der Waals surface area contributed by atoms with E-state index in [9.17, 15) is 9.59 Å². The van der Waals surface area contributed by atoms with Gasteiger partial charge in [0.05, 0.1) is 40.1 Å². The van der Waals surface area contributed by atoms with Gasteiger partial charge in [0, 0.05) is 25.3 Å². The monoisotopic (exact) mass is 538 g/mol. The van der Waals surface area contributed by atoms with Crippen LogP contribution in [-0.2, 0) is 14.0 Å². The van der Waals surface area contributed by atoms with Crippen LogP contribution in [0.4, 0.5) is 21.9 Å². The van der Waals surface area contributed by atoms with Gasteiger partial charge in [0.1, 0.15) is 5.60 Å². The van der Waals surface area contributed by atoms with Gasteiger partial charge in [0.15, 0.2) is 5.69 Å². The van der Waals surface area contributed by atoms with Crippen LogP contribution in [0.25, 0.3) is 0 Å². The van der Waals surface area contributed by atoms with E-state index < -0.39 is 35.9 Å². The minimum atomic E-state index is -0.723. The summed E-state index contributed by atoms with van der Waals surface area (Å²) in [6, 6.07) is 5.07. The number of amides is 2. The lowest BCUT2D eigenvalue weighted by molar-refractivity contribution is 0.00578. The lowest BCUT2D eigenvalue weighted by Crippen LogP contribution is -2.49. The third kappa shape index (κ3) is 6.62. The first-order valence-electron chi connectivity index (χ1n) is 13.3. The molecule has 210 valence electrons. The van der Waals surface area contributed by atoms with Crippen LogP contribution < -0.4 is 26.9 Å². The first-order valence-corrected chi connectivity index (χ1v) is 13.3. The van der Waals surface area contributed by atoms with E-state index in [1.54, 1.807) is 24.5 Å². The fraction of sp³-hybridized carbons (Fsp3) is 0.556. The topological polar surface area (TPSA) is 141 Å². The van der Waals surface area contributed by atoms with E-state index >= 15 is 0 Å². The molecule has 12 heteroatoms. The molecule has 2 aromatic rings. The number of nitrogens with two attached hydrogens (primary N) is 1. The van der Waals surface area contributed by atoms with Crippen molar-refractivity contribution in [2.45, 2.75) is 84.2 Å². The van der Waals surface area contributed by atoms with Gasteiger partial charge in [-0.3, -0.25) is 9.78 Å². The summed E-state index contributed by atoms with van der Waals surface area (Å²) in [5.41, 5.74) is 6.57. The Kier molecular flexibility index (Phi) is 7.82. The number of carbonyl (C=O) groups is 2. The maximum Gasteiger partial charge on any atom is 0.514 e. The second-order valence-corrected chi connectivity index (χ2v) is 12.0. The predicted molar refractivity (Wildman–Crippen MR) is 151 cm³/mol. The van der Waals surface area contributed by atoms with Crippen molar-refractivity contribution in [3.8, 4) is 0 Å². The molecule has 2 saturated heterocycles. The average molecular weight is 538 g/mol. The number of nitrogens with one attached hydrogen (secondary N) is 2. The second kappa shape index (κ2) is 10.7. The smallest absolute Gasteiger partial charge is 0.444 e. The zero-order valence-corrected chi connectivity index (χ0v) is 23.8. The number of hydrogen-bond acceptors (Lipinski definition) is 9. The molecule has 39 heavy (non-hydrogen) atoms. The summed E-state index contributed by atoms with van der Waals surface area (Å²) in [5.74, 6) is -0.472. The Balaban J connectivity index is 1.49. The quantitative estimate of drug-likeness (QED) is 0.490. The predicted octanol–water partition coefficient (Wildman–Crippen LogP) is 3.10. The van der Waals surface area contributed by atoms with Crippen LogP contribution in [0.2, 0.25) is 0 Å². The molecule has 0 bridgehead atoms. The number of rotatable bonds is 5. The molecule has 4 heterocycles. The van der Waals surface area contributed by atoms with Crippen molar-refractivity contribution >= 4 is 41.8 Å². The number of anilines is 3.